The van der Waals surface area contributed by atoms with Gasteiger partial charge in [-0.1, -0.05) is 20.8 Å². The molecular formula is C30H54N4O10SSi. The molecule has 16 heteroatoms. The number of amides is 3. The number of rotatable bonds is 20. The largest absolute Gasteiger partial charge is 0.449 e. The Balaban J connectivity index is 1.75. The van der Waals surface area contributed by atoms with Crippen molar-refractivity contribution in [1.82, 2.24) is 20.1 Å². The first-order valence-corrected chi connectivity index (χ1v) is 20.3. The number of carbonyl (C=O) groups excluding carboxylic acids is 3. The van der Waals surface area contributed by atoms with Gasteiger partial charge in [-0.15, -0.1) is 11.8 Å². The zero-order valence-electron chi connectivity index (χ0n) is 28.2. The summed E-state index contributed by atoms with van der Waals surface area (Å²) in [5.74, 6) is 7.59. The van der Waals surface area contributed by atoms with E-state index in [-0.39, 0.29) is 50.3 Å². The van der Waals surface area contributed by atoms with Gasteiger partial charge in [0.2, 0.25) is 5.91 Å². The molecule has 1 saturated carbocycles. The fraction of sp³-hybridized carbons (Fsp3) is 0.833. The summed E-state index contributed by atoms with van der Waals surface area (Å²) >= 11 is 0. The monoisotopic (exact) mass is 690 g/mol. The third-order valence-electron chi connectivity index (χ3n) is 8.52. The van der Waals surface area contributed by atoms with E-state index < -0.39 is 36.8 Å². The Bertz CT molecular complexity index is 1130. The first-order valence-electron chi connectivity index (χ1n) is 16.0. The van der Waals surface area contributed by atoms with Crippen LogP contribution in [0.3, 0.4) is 0 Å². The molecule has 0 aliphatic heterocycles. The molecule has 4 N–H and O–H groups in total. The lowest BCUT2D eigenvalue weighted by Gasteiger charge is -2.37. The van der Waals surface area contributed by atoms with Crippen molar-refractivity contribution in [2.24, 2.45) is 17.8 Å². The fourth-order valence-electron chi connectivity index (χ4n) is 4.75. The van der Waals surface area contributed by atoms with Crippen molar-refractivity contribution in [2.45, 2.75) is 83.5 Å². The molecular weight excluding hydrogens is 637 g/mol. The minimum atomic E-state index is -4.18. The van der Waals surface area contributed by atoms with E-state index in [9.17, 15) is 22.8 Å². The lowest BCUT2D eigenvalue weighted by Crippen LogP contribution is -2.49. The summed E-state index contributed by atoms with van der Waals surface area (Å²) in [5.41, 5.74) is 0. The van der Waals surface area contributed by atoms with Crippen LogP contribution in [0.1, 0.15) is 59.3 Å². The van der Waals surface area contributed by atoms with Gasteiger partial charge < -0.3 is 34.0 Å². The molecule has 3 amide bonds. The zero-order chi connectivity index (χ0) is 34.2. The molecule has 0 spiro atoms. The number of methoxy groups -OCH3 is 1. The summed E-state index contributed by atoms with van der Waals surface area (Å²) < 4.78 is 55.0. The molecule has 2 aliphatic rings. The van der Waals surface area contributed by atoms with Crippen molar-refractivity contribution in [3.8, 4) is 11.8 Å². The van der Waals surface area contributed by atoms with E-state index in [1.54, 1.807) is 4.72 Å². The van der Waals surface area contributed by atoms with Gasteiger partial charge in [0.15, 0.2) is 8.32 Å². The van der Waals surface area contributed by atoms with E-state index in [1.807, 2.05) is 0 Å². The van der Waals surface area contributed by atoms with Gasteiger partial charge in [0.05, 0.1) is 39.1 Å². The molecule has 0 radical (unpaired) electrons. The van der Waals surface area contributed by atoms with Gasteiger partial charge >= 0.3 is 22.4 Å². The molecule has 1 fully saturated rings. The van der Waals surface area contributed by atoms with Crippen LogP contribution in [-0.2, 0) is 38.4 Å². The third kappa shape index (κ3) is 15.4. The van der Waals surface area contributed by atoms with E-state index >= 15 is 0 Å². The van der Waals surface area contributed by atoms with Crippen LogP contribution < -0.4 is 20.1 Å². The normalized spacial score (nSPS) is 20.1. The standard InChI is InChI=1S/C30H54N4O10SSi/c1-30(2,3)46(5,6)44-21-23(20-42-29(37)34-45(38,39)32-16-17-41-19-18-40-4)33-27(35)14-11-15-31-28(36)43-22-26-24-12-9-7-8-10-13-25(24)26/h23-26,32H,9-22H2,1-6H3,(H,31,36)(H,33,35)(H,34,37)/t23-,24-,25+,26?/m1/s1. The maximum atomic E-state index is 12.7. The lowest BCUT2D eigenvalue weighted by atomic mass is 10.1. The van der Waals surface area contributed by atoms with E-state index in [2.05, 4.69) is 61.1 Å². The summed E-state index contributed by atoms with van der Waals surface area (Å²) in [5, 5.41) is 5.39. The molecule has 1 unspecified atom stereocenters. The molecule has 264 valence electrons. The Labute approximate surface area is 275 Å². The summed E-state index contributed by atoms with van der Waals surface area (Å²) in [6.45, 7) is 11.4. The number of hydrogen-bond donors (Lipinski definition) is 4. The van der Waals surface area contributed by atoms with Crippen molar-refractivity contribution < 1.29 is 46.2 Å². The highest BCUT2D eigenvalue weighted by atomic mass is 32.2. The highest BCUT2D eigenvalue weighted by Crippen LogP contribution is 2.52. The van der Waals surface area contributed by atoms with Gasteiger partial charge in [0.25, 0.3) is 0 Å². The quantitative estimate of drug-likeness (QED) is 0.0843. The Morgan fingerprint density at radius 2 is 1.61 bits per heavy atom. The Morgan fingerprint density at radius 1 is 0.935 bits per heavy atom. The number of hydrogen-bond acceptors (Lipinski definition) is 10. The smallest absolute Gasteiger partial charge is 0.421 e. The number of carbonyl (C=O) groups is 3. The molecule has 14 nitrogen and oxygen atoms in total. The summed E-state index contributed by atoms with van der Waals surface area (Å²) in [6, 6.07) is -0.726. The highest BCUT2D eigenvalue weighted by Gasteiger charge is 2.49. The van der Waals surface area contributed by atoms with Crippen LogP contribution >= 0.6 is 0 Å². The highest BCUT2D eigenvalue weighted by molar-refractivity contribution is 7.88. The predicted octanol–water partition coefficient (Wildman–Crippen LogP) is 2.66. The van der Waals surface area contributed by atoms with Gasteiger partial charge in [-0.05, 0) is 55.1 Å². The number of alkyl carbamates (subject to hydrolysis) is 1. The molecule has 46 heavy (non-hydrogen) atoms. The van der Waals surface area contributed by atoms with Crippen molar-refractivity contribution in [1.29, 1.82) is 0 Å². The number of ether oxygens (including phenoxy) is 4. The maximum Gasteiger partial charge on any atom is 0.421 e. The molecule has 0 heterocycles. The Kier molecular flexibility index (Phi) is 16.8. The molecule has 0 aromatic heterocycles. The Morgan fingerprint density at radius 3 is 2.24 bits per heavy atom. The van der Waals surface area contributed by atoms with Crippen LogP contribution in [0.4, 0.5) is 9.59 Å². The first-order chi connectivity index (χ1) is 21.6. The number of nitrogens with one attached hydrogen (secondary N) is 4. The van der Waals surface area contributed by atoms with Crippen LogP contribution in [0.25, 0.3) is 0 Å². The molecule has 0 aromatic carbocycles. The van der Waals surface area contributed by atoms with Crippen LogP contribution in [0.15, 0.2) is 0 Å². The second kappa shape index (κ2) is 19.4. The molecule has 0 aromatic rings. The molecule has 2 aliphatic carbocycles. The average molecular weight is 691 g/mol. The molecule has 0 saturated heterocycles. The van der Waals surface area contributed by atoms with Crippen LogP contribution in [0, 0.1) is 29.6 Å². The van der Waals surface area contributed by atoms with Gasteiger partial charge in [-0.25, -0.2) is 14.3 Å². The molecule has 0 bridgehead atoms. The minimum absolute atomic E-state index is 0.0603. The van der Waals surface area contributed by atoms with Crippen molar-refractivity contribution >= 4 is 36.6 Å². The summed E-state index contributed by atoms with van der Waals surface area (Å²) in [6.07, 6.45) is 2.68. The van der Waals surface area contributed by atoms with Crippen molar-refractivity contribution in [3.05, 3.63) is 0 Å². The van der Waals surface area contributed by atoms with Gasteiger partial charge in [-0.3, -0.25) is 4.79 Å². The van der Waals surface area contributed by atoms with Crippen molar-refractivity contribution in [3.63, 3.8) is 0 Å². The molecule has 4 atom stereocenters. The minimum Gasteiger partial charge on any atom is -0.449 e. The van der Waals surface area contributed by atoms with Crippen LogP contribution in [0.2, 0.25) is 18.1 Å². The van der Waals surface area contributed by atoms with Gasteiger partial charge in [0.1, 0.15) is 6.61 Å². The first kappa shape index (κ1) is 39.8. The zero-order valence-corrected chi connectivity index (χ0v) is 30.0. The Hall–Kier alpha value is -2.42. The van der Waals surface area contributed by atoms with Gasteiger partial charge in [0, 0.05) is 39.5 Å². The van der Waals surface area contributed by atoms with E-state index in [0.29, 0.717) is 44.0 Å². The van der Waals surface area contributed by atoms with Crippen molar-refractivity contribution in [2.75, 3.05) is 59.8 Å². The lowest BCUT2D eigenvalue weighted by molar-refractivity contribution is -0.122. The van der Waals surface area contributed by atoms with E-state index in [1.165, 1.54) is 7.11 Å². The topological polar surface area (TPSA) is 180 Å². The second-order valence-electron chi connectivity index (χ2n) is 13.1. The predicted molar refractivity (Wildman–Crippen MR) is 174 cm³/mol. The second-order valence-corrected chi connectivity index (χ2v) is 19.4. The summed E-state index contributed by atoms with van der Waals surface area (Å²) in [7, 11) is -4.87. The number of fused-ring (bicyclic) bond motifs is 1. The van der Waals surface area contributed by atoms with E-state index in [0.717, 1.165) is 25.7 Å². The summed E-state index contributed by atoms with van der Waals surface area (Å²) in [4.78, 5) is 37.2. The SMILES string of the molecule is COCCOCCNS(=O)(=O)NC(=O)OC[C@H](CO[Si](C)(C)C(C)(C)C)NC(=O)CCCNC(=O)OCC1[C@H]2CCC#CCC[C@@H]12. The van der Waals surface area contributed by atoms with Crippen LogP contribution in [0.5, 0.6) is 0 Å². The maximum absolute atomic E-state index is 12.7. The van der Waals surface area contributed by atoms with E-state index in [4.69, 9.17) is 23.4 Å². The third-order valence-corrected chi connectivity index (χ3v) is 14.0. The van der Waals surface area contributed by atoms with Gasteiger partial charge in [-0.2, -0.15) is 13.1 Å². The fourth-order valence-corrected chi connectivity index (χ4v) is 6.50. The van der Waals surface area contributed by atoms with Crippen LogP contribution in [-0.4, -0.2) is 101 Å². The average Bonchev–Trinajstić information content (AvgIpc) is 3.60. The molecule has 2 rings (SSSR count).